The molecule has 0 radical (unpaired) electrons. The highest BCUT2D eigenvalue weighted by atomic mass is 32.2. The van der Waals surface area contributed by atoms with Crippen molar-refractivity contribution < 1.29 is 18.0 Å². The Balaban J connectivity index is 1.81. The number of hydrogen-bond acceptors (Lipinski definition) is 4. The van der Waals surface area contributed by atoms with Crippen molar-refractivity contribution in [1.82, 2.24) is 14.9 Å². The Morgan fingerprint density at radius 1 is 1.24 bits per heavy atom. The summed E-state index contributed by atoms with van der Waals surface area (Å²) in [5.41, 5.74) is 1.04. The van der Waals surface area contributed by atoms with Crippen LogP contribution >= 0.6 is 0 Å². The fraction of sp³-hybridized carbons (Fsp3) is 0.619. The molecule has 1 aliphatic carbocycles. The zero-order valence-electron chi connectivity index (χ0n) is 17.4. The van der Waals surface area contributed by atoms with Crippen LogP contribution in [0.5, 0.6) is 0 Å². The molecule has 1 spiro atoms. The Morgan fingerprint density at radius 3 is 2.41 bits per heavy atom. The summed E-state index contributed by atoms with van der Waals surface area (Å²) < 4.78 is 26.6. The van der Waals surface area contributed by atoms with E-state index in [-0.39, 0.29) is 30.7 Å². The van der Waals surface area contributed by atoms with Gasteiger partial charge in [-0.25, -0.2) is 8.42 Å². The summed E-state index contributed by atoms with van der Waals surface area (Å²) in [7, 11) is -3.49. The molecule has 1 saturated carbocycles. The van der Waals surface area contributed by atoms with Gasteiger partial charge in [-0.2, -0.15) is 4.31 Å². The van der Waals surface area contributed by atoms with E-state index < -0.39 is 21.6 Å². The molecule has 1 unspecified atom stereocenters. The number of rotatable bonds is 5. The molecule has 1 aliphatic heterocycles. The van der Waals surface area contributed by atoms with Gasteiger partial charge in [-0.15, -0.1) is 0 Å². The minimum Gasteiger partial charge on any atom is -0.348 e. The standard InChI is InChI=1S/C21H31N3O4S/c1-4-29(27,28)24-13-18(20(26)23-21(14-24)11-5-6-12-21)22-19(25)17-9-7-16(8-10-17)15(2)3/h7-10,15,18H,4-6,11-14H2,1-3H3,(H,22,25)(H,23,26). The van der Waals surface area contributed by atoms with Gasteiger partial charge in [0, 0.05) is 18.7 Å². The van der Waals surface area contributed by atoms with Gasteiger partial charge in [0.2, 0.25) is 15.9 Å². The van der Waals surface area contributed by atoms with Gasteiger partial charge in [0.1, 0.15) is 6.04 Å². The first-order valence-corrected chi connectivity index (χ1v) is 12.0. The van der Waals surface area contributed by atoms with E-state index in [2.05, 4.69) is 24.5 Å². The summed E-state index contributed by atoms with van der Waals surface area (Å²) in [5.74, 6) is -0.367. The summed E-state index contributed by atoms with van der Waals surface area (Å²) in [4.78, 5) is 25.6. The third-order valence-electron chi connectivity index (χ3n) is 6.03. The number of carbonyl (C=O) groups excluding carboxylic acids is 2. The predicted octanol–water partition coefficient (Wildman–Crippen LogP) is 2.00. The van der Waals surface area contributed by atoms with Crippen molar-refractivity contribution in [3.8, 4) is 0 Å². The molecule has 1 heterocycles. The lowest BCUT2D eigenvalue weighted by Gasteiger charge is -2.32. The van der Waals surface area contributed by atoms with Gasteiger partial charge in [0.05, 0.1) is 11.3 Å². The Kier molecular flexibility index (Phi) is 6.33. The first kappa shape index (κ1) is 21.8. The van der Waals surface area contributed by atoms with Gasteiger partial charge >= 0.3 is 0 Å². The largest absolute Gasteiger partial charge is 0.348 e. The molecule has 3 rings (SSSR count). The Morgan fingerprint density at radius 2 is 1.86 bits per heavy atom. The van der Waals surface area contributed by atoms with Crippen LogP contribution in [0.15, 0.2) is 24.3 Å². The highest BCUT2D eigenvalue weighted by Gasteiger charge is 2.45. The molecule has 0 aromatic heterocycles. The van der Waals surface area contributed by atoms with Crippen LogP contribution in [0.1, 0.15) is 68.3 Å². The Bertz CT molecular complexity index is 858. The van der Waals surface area contributed by atoms with Gasteiger partial charge in [-0.1, -0.05) is 38.8 Å². The molecular formula is C21H31N3O4S. The molecule has 1 aromatic rings. The van der Waals surface area contributed by atoms with E-state index in [1.54, 1.807) is 19.1 Å². The maximum absolute atomic E-state index is 12.9. The Hall–Kier alpha value is -1.93. The van der Waals surface area contributed by atoms with Crippen LogP contribution in [0.2, 0.25) is 0 Å². The molecule has 8 heteroatoms. The number of carbonyl (C=O) groups is 2. The molecule has 7 nitrogen and oxygen atoms in total. The quantitative estimate of drug-likeness (QED) is 0.760. The summed E-state index contributed by atoms with van der Waals surface area (Å²) in [6.45, 7) is 5.98. The van der Waals surface area contributed by atoms with Crippen LogP contribution in [0.4, 0.5) is 0 Å². The summed E-state index contributed by atoms with van der Waals surface area (Å²) in [5, 5.41) is 5.80. The minimum atomic E-state index is -3.49. The smallest absolute Gasteiger partial charge is 0.251 e. The molecule has 160 valence electrons. The molecule has 0 bridgehead atoms. The van der Waals surface area contributed by atoms with Crippen LogP contribution in [0, 0.1) is 0 Å². The van der Waals surface area contributed by atoms with Crippen LogP contribution in [-0.2, 0) is 14.8 Å². The molecular weight excluding hydrogens is 390 g/mol. The lowest BCUT2D eigenvalue weighted by molar-refractivity contribution is -0.124. The second-order valence-corrected chi connectivity index (χ2v) is 10.7. The third kappa shape index (κ3) is 4.80. The lowest BCUT2D eigenvalue weighted by Crippen LogP contribution is -2.54. The van der Waals surface area contributed by atoms with E-state index >= 15 is 0 Å². The average Bonchev–Trinajstić information content (AvgIpc) is 3.08. The molecule has 2 aliphatic rings. The van der Waals surface area contributed by atoms with Gasteiger partial charge in [0.25, 0.3) is 5.91 Å². The maximum Gasteiger partial charge on any atom is 0.251 e. The van der Waals surface area contributed by atoms with Gasteiger partial charge < -0.3 is 10.6 Å². The van der Waals surface area contributed by atoms with Crippen LogP contribution < -0.4 is 10.6 Å². The molecule has 1 saturated heterocycles. The minimum absolute atomic E-state index is 0.0331. The fourth-order valence-corrected chi connectivity index (χ4v) is 5.36. The Labute approximate surface area is 173 Å². The van der Waals surface area contributed by atoms with E-state index in [9.17, 15) is 18.0 Å². The highest BCUT2D eigenvalue weighted by molar-refractivity contribution is 7.89. The molecule has 2 fully saturated rings. The first-order chi connectivity index (χ1) is 13.7. The zero-order chi connectivity index (χ0) is 21.2. The number of sulfonamides is 1. The van der Waals surface area contributed by atoms with Crippen molar-refractivity contribution in [2.24, 2.45) is 0 Å². The van der Waals surface area contributed by atoms with Crippen molar-refractivity contribution in [3.63, 3.8) is 0 Å². The third-order valence-corrected chi connectivity index (χ3v) is 7.83. The van der Waals surface area contributed by atoms with Gasteiger partial charge in [0.15, 0.2) is 0 Å². The first-order valence-electron chi connectivity index (χ1n) is 10.4. The van der Waals surface area contributed by atoms with E-state index in [4.69, 9.17) is 0 Å². The summed E-state index contributed by atoms with van der Waals surface area (Å²) >= 11 is 0. The molecule has 29 heavy (non-hydrogen) atoms. The van der Waals surface area contributed by atoms with E-state index in [1.807, 2.05) is 12.1 Å². The van der Waals surface area contributed by atoms with E-state index in [0.717, 1.165) is 31.2 Å². The zero-order valence-corrected chi connectivity index (χ0v) is 18.2. The van der Waals surface area contributed by atoms with Crippen LogP contribution in [-0.4, -0.2) is 55.0 Å². The van der Waals surface area contributed by atoms with Gasteiger partial charge in [-0.05, 0) is 43.4 Å². The van der Waals surface area contributed by atoms with Crippen molar-refractivity contribution >= 4 is 21.8 Å². The topological polar surface area (TPSA) is 95.6 Å². The van der Waals surface area contributed by atoms with E-state index in [1.165, 1.54) is 4.31 Å². The number of hydrogen-bond donors (Lipinski definition) is 2. The number of nitrogens with zero attached hydrogens (tertiary/aromatic N) is 1. The van der Waals surface area contributed by atoms with Crippen molar-refractivity contribution in [2.45, 2.75) is 64.0 Å². The summed E-state index contributed by atoms with van der Waals surface area (Å²) in [6.07, 6.45) is 3.43. The lowest BCUT2D eigenvalue weighted by atomic mass is 9.98. The average molecular weight is 422 g/mol. The second kappa shape index (κ2) is 8.44. The summed E-state index contributed by atoms with van der Waals surface area (Å²) in [6, 6.07) is 6.34. The predicted molar refractivity (Wildman–Crippen MR) is 112 cm³/mol. The fourth-order valence-electron chi connectivity index (χ4n) is 4.18. The molecule has 1 aromatic carbocycles. The second-order valence-electron chi connectivity index (χ2n) is 8.47. The molecule has 1 atom stereocenters. The monoisotopic (exact) mass is 421 g/mol. The van der Waals surface area contributed by atoms with Crippen molar-refractivity contribution in [2.75, 3.05) is 18.8 Å². The SMILES string of the molecule is CCS(=O)(=O)N1CC(NC(=O)c2ccc(C(C)C)cc2)C(=O)NC2(CCCC2)C1. The van der Waals surface area contributed by atoms with Crippen molar-refractivity contribution in [1.29, 1.82) is 0 Å². The maximum atomic E-state index is 12.9. The van der Waals surface area contributed by atoms with Crippen molar-refractivity contribution in [3.05, 3.63) is 35.4 Å². The number of nitrogens with one attached hydrogen (secondary N) is 2. The molecule has 2 amide bonds. The number of benzene rings is 1. The van der Waals surface area contributed by atoms with Crippen LogP contribution in [0.3, 0.4) is 0 Å². The molecule has 2 N–H and O–H groups in total. The normalized spacial score (nSPS) is 22.5. The van der Waals surface area contributed by atoms with Gasteiger partial charge in [-0.3, -0.25) is 9.59 Å². The number of amides is 2. The van der Waals surface area contributed by atoms with Crippen LogP contribution in [0.25, 0.3) is 0 Å². The highest BCUT2D eigenvalue weighted by Crippen LogP contribution is 2.32. The van der Waals surface area contributed by atoms with E-state index in [0.29, 0.717) is 11.5 Å².